The summed E-state index contributed by atoms with van der Waals surface area (Å²) in [6, 6.07) is 8.42. The van der Waals surface area contributed by atoms with E-state index in [9.17, 15) is 0 Å². The number of nitrogens with zero attached hydrogens (tertiary/aromatic N) is 2. The number of aromatic amines is 1. The number of H-pyrrole nitrogens is 1. The Labute approximate surface area is 114 Å². The number of imidazole rings is 1. The lowest BCUT2D eigenvalue weighted by molar-refractivity contribution is 0.244. The van der Waals surface area contributed by atoms with Crippen LogP contribution in [-0.4, -0.2) is 29.0 Å². The third kappa shape index (κ3) is 2.96. The fourth-order valence-electron chi connectivity index (χ4n) is 2.17. The molecular weight excluding hydrogens is 238 g/mol. The molecule has 1 N–H and O–H groups in total. The van der Waals surface area contributed by atoms with Gasteiger partial charge in [-0.15, -0.1) is 0 Å². The van der Waals surface area contributed by atoms with Gasteiger partial charge in [0.05, 0.1) is 19.1 Å². The summed E-state index contributed by atoms with van der Waals surface area (Å²) < 4.78 is 5.43. The molecule has 102 valence electrons. The standard InChI is InChI=1S/C15H21N3O/c1-11-14(17-10-16-11)9-18(3)12(2)13-7-5-6-8-15(13)19-4/h5-8,10,12H,9H2,1-4H3,(H,16,17)/t12-/m1/s1. The van der Waals surface area contributed by atoms with Gasteiger partial charge in [0.25, 0.3) is 0 Å². The zero-order valence-electron chi connectivity index (χ0n) is 12.0. The highest BCUT2D eigenvalue weighted by Gasteiger charge is 2.17. The number of nitrogens with one attached hydrogen (secondary N) is 1. The Balaban J connectivity index is 2.14. The van der Waals surface area contributed by atoms with E-state index in [1.165, 1.54) is 5.56 Å². The van der Waals surface area contributed by atoms with Crippen molar-refractivity contribution in [3.8, 4) is 5.75 Å². The molecule has 2 rings (SSSR count). The van der Waals surface area contributed by atoms with Crippen molar-refractivity contribution in [2.24, 2.45) is 0 Å². The molecule has 0 amide bonds. The minimum absolute atomic E-state index is 0.271. The zero-order valence-corrected chi connectivity index (χ0v) is 12.0. The molecule has 0 radical (unpaired) electrons. The highest BCUT2D eigenvalue weighted by Crippen LogP contribution is 2.28. The largest absolute Gasteiger partial charge is 0.496 e. The van der Waals surface area contributed by atoms with Crippen molar-refractivity contribution in [1.29, 1.82) is 0 Å². The first-order valence-corrected chi connectivity index (χ1v) is 6.45. The molecule has 0 fully saturated rings. The fraction of sp³-hybridized carbons (Fsp3) is 0.400. The topological polar surface area (TPSA) is 41.1 Å². The summed E-state index contributed by atoms with van der Waals surface area (Å²) in [7, 11) is 3.81. The van der Waals surface area contributed by atoms with Crippen molar-refractivity contribution in [1.82, 2.24) is 14.9 Å². The predicted octanol–water partition coefficient (Wildman–Crippen LogP) is 2.92. The van der Waals surface area contributed by atoms with Crippen LogP contribution in [0.5, 0.6) is 5.75 Å². The van der Waals surface area contributed by atoms with Crippen LogP contribution in [0.2, 0.25) is 0 Å². The summed E-state index contributed by atoms with van der Waals surface area (Å²) in [6.45, 7) is 5.04. The molecule has 1 aromatic carbocycles. The molecule has 0 saturated carbocycles. The monoisotopic (exact) mass is 259 g/mol. The van der Waals surface area contributed by atoms with Crippen molar-refractivity contribution in [2.75, 3.05) is 14.2 Å². The van der Waals surface area contributed by atoms with E-state index in [1.807, 2.05) is 25.1 Å². The van der Waals surface area contributed by atoms with Crippen molar-refractivity contribution in [3.05, 3.63) is 47.5 Å². The fourth-order valence-corrected chi connectivity index (χ4v) is 2.17. The van der Waals surface area contributed by atoms with Crippen LogP contribution in [0, 0.1) is 6.92 Å². The number of hydrogen-bond acceptors (Lipinski definition) is 3. The minimum atomic E-state index is 0.271. The number of hydrogen-bond donors (Lipinski definition) is 1. The SMILES string of the molecule is COc1ccccc1[C@@H](C)N(C)Cc1nc[nH]c1C. The zero-order chi connectivity index (χ0) is 13.8. The average Bonchev–Trinajstić information content (AvgIpc) is 2.83. The lowest BCUT2D eigenvalue weighted by Gasteiger charge is -2.25. The van der Waals surface area contributed by atoms with Gasteiger partial charge in [0, 0.05) is 23.8 Å². The molecule has 0 spiro atoms. The summed E-state index contributed by atoms with van der Waals surface area (Å²) in [5.74, 6) is 0.931. The molecule has 0 saturated heterocycles. The van der Waals surface area contributed by atoms with Crippen LogP contribution >= 0.6 is 0 Å². The van der Waals surface area contributed by atoms with E-state index in [2.05, 4.69) is 34.9 Å². The van der Waals surface area contributed by atoms with Crippen molar-refractivity contribution < 1.29 is 4.74 Å². The maximum absolute atomic E-state index is 5.43. The van der Waals surface area contributed by atoms with E-state index in [-0.39, 0.29) is 6.04 Å². The normalized spacial score (nSPS) is 12.7. The molecular formula is C15H21N3O. The smallest absolute Gasteiger partial charge is 0.123 e. The highest BCUT2D eigenvalue weighted by atomic mass is 16.5. The van der Waals surface area contributed by atoms with Crippen LogP contribution in [-0.2, 0) is 6.54 Å². The predicted molar refractivity (Wildman–Crippen MR) is 76.2 cm³/mol. The van der Waals surface area contributed by atoms with Gasteiger partial charge < -0.3 is 9.72 Å². The molecule has 2 aromatic rings. The highest BCUT2D eigenvalue weighted by molar-refractivity contribution is 5.35. The second-order valence-electron chi connectivity index (χ2n) is 4.81. The van der Waals surface area contributed by atoms with Gasteiger partial charge in [-0.25, -0.2) is 4.98 Å². The van der Waals surface area contributed by atoms with Crippen LogP contribution in [0.15, 0.2) is 30.6 Å². The van der Waals surface area contributed by atoms with Crippen molar-refractivity contribution in [2.45, 2.75) is 26.4 Å². The Kier molecular flexibility index (Phi) is 4.22. The van der Waals surface area contributed by atoms with Gasteiger partial charge in [-0.3, -0.25) is 4.90 Å². The van der Waals surface area contributed by atoms with Crippen LogP contribution in [0.25, 0.3) is 0 Å². The van der Waals surface area contributed by atoms with E-state index in [4.69, 9.17) is 4.74 Å². The lowest BCUT2D eigenvalue weighted by atomic mass is 10.1. The molecule has 0 aliphatic rings. The number of ether oxygens (including phenoxy) is 1. The minimum Gasteiger partial charge on any atom is -0.496 e. The third-order valence-electron chi connectivity index (χ3n) is 3.58. The number of rotatable bonds is 5. The summed E-state index contributed by atoms with van der Waals surface area (Å²) in [6.07, 6.45) is 1.74. The van der Waals surface area contributed by atoms with Crippen LogP contribution in [0.3, 0.4) is 0 Å². The van der Waals surface area contributed by atoms with Gasteiger partial charge in [-0.1, -0.05) is 18.2 Å². The Hall–Kier alpha value is -1.81. The summed E-state index contributed by atoms with van der Waals surface area (Å²) in [5.41, 5.74) is 3.41. The van der Waals surface area contributed by atoms with E-state index in [0.29, 0.717) is 0 Å². The van der Waals surface area contributed by atoms with Crippen LogP contribution in [0.1, 0.15) is 29.9 Å². The van der Waals surface area contributed by atoms with Crippen molar-refractivity contribution in [3.63, 3.8) is 0 Å². The van der Waals surface area contributed by atoms with Crippen LogP contribution in [0.4, 0.5) is 0 Å². The third-order valence-corrected chi connectivity index (χ3v) is 3.58. The Morgan fingerprint density at radius 1 is 1.37 bits per heavy atom. The van der Waals surface area contributed by atoms with Crippen molar-refractivity contribution >= 4 is 0 Å². The van der Waals surface area contributed by atoms with Gasteiger partial charge in [-0.2, -0.15) is 0 Å². The molecule has 1 atom stereocenters. The van der Waals surface area contributed by atoms with Crippen LogP contribution < -0.4 is 4.74 Å². The van der Waals surface area contributed by atoms with Gasteiger partial charge in [0.2, 0.25) is 0 Å². The lowest BCUT2D eigenvalue weighted by Crippen LogP contribution is -2.23. The average molecular weight is 259 g/mol. The summed E-state index contributed by atoms with van der Waals surface area (Å²) >= 11 is 0. The number of aromatic nitrogens is 2. The second-order valence-corrected chi connectivity index (χ2v) is 4.81. The molecule has 4 nitrogen and oxygen atoms in total. The summed E-state index contributed by atoms with van der Waals surface area (Å²) in [4.78, 5) is 9.72. The molecule has 0 aliphatic carbocycles. The maximum Gasteiger partial charge on any atom is 0.123 e. The number of benzene rings is 1. The summed E-state index contributed by atoms with van der Waals surface area (Å²) in [5, 5.41) is 0. The van der Waals surface area contributed by atoms with Gasteiger partial charge >= 0.3 is 0 Å². The second kappa shape index (κ2) is 5.89. The van der Waals surface area contributed by atoms with Gasteiger partial charge in [0.15, 0.2) is 0 Å². The van der Waals surface area contributed by atoms with E-state index >= 15 is 0 Å². The van der Waals surface area contributed by atoms with Gasteiger partial charge in [0.1, 0.15) is 5.75 Å². The Bertz CT molecular complexity index is 536. The molecule has 19 heavy (non-hydrogen) atoms. The number of methoxy groups -OCH3 is 1. The Morgan fingerprint density at radius 2 is 2.11 bits per heavy atom. The number of para-hydroxylation sites is 1. The number of aryl methyl sites for hydroxylation is 1. The Morgan fingerprint density at radius 3 is 2.74 bits per heavy atom. The van der Waals surface area contributed by atoms with E-state index in [1.54, 1.807) is 13.4 Å². The van der Waals surface area contributed by atoms with E-state index in [0.717, 1.165) is 23.7 Å². The van der Waals surface area contributed by atoms with Gasteiger partial charge in [-0.05, 0) is 27.0 Å². The molecule has 1 aromatic heterocycles. The first-order chi connectivity index (χ1) is 9.13. The quantitative estimate of drug-likeness (QED) is 0.897. The molecule has 4 heteroatoms. The maximum atomic E-state index is 5.43. The first-order valence-electron chi connectivity index (χ1n) is 6.45. The first kappa shape index (κ1) is 13.6. The molecule has 0 bridgehead atoms. The molecule has 1 heterocycles. The molecule has 0 unspecified atom stereocenters. The van der Waals surface area contributed by atoms with E-state index < -0.39 is 0 Å². The molecule has 0 aliphatic heterocycles.